The molecule has 5 nitrogen and oxygen atoms in total. The second-order valence-electron chi connectivity index (χ2n) is 4.13. The summed E-state index contributed by atoms with van der Waals surface area (Å²) >= 11 is 0. The molecular formula is C12H15N3O2. The van der Waals surface area contributed by atoms with Gasteiger partial charge in [0.05, 0.1) is 0 Å². The van der Waals surface area contributed by atoms with Crippen LogP contribution in [0.4, 0.5) is 0 Å². The highest BCUT2D eigenvalue weighted by Gasteiger charge is 2.44. The Balaban J connectivity index is 2.40. The molecule has 0 fully saturated rings. The standard InChI is InChI=1S/C12H15N3O2/c1-3-11(16)15-12(17,7-9(2)14-15)10-5-4-6-13-8-10/h4-6,8,17H,3,7H2,1-2H3/t12-/m0/s1. The van der Waals surface area contributed by atoms with E-state index < -0.39 is 5.72 Å². The molecule has 1 aliphatic heterocycles. The molecule has 5 heteroatoms. The molecule has 1 aromatic heterocycles. The topological polar surface area (TPSA) is 65.8 Å². The lowest BCUT2D eigenvalue weighted by Gasteiger charge is -2.30. The molecule has 0 aliphatic carbocycles. The highest BCUT2D eigenvalue weighted by molar-refractivity contribution is 5.89. The highest BCUT2D eigenvalue weighted by Crippen LogP contribution is 2.35. The van der Waals surface area contributed by atoms with Gasteiger partial charge in [0.2, 0.25) is 5.91 Å². The number of aromatic nitrogens is 1. The summed E-state index contributed by atoms with van der Waals surface area (Å²) in [7, 11) is 0. The Hall–Kier alpha value is -1.75. The first-order valence-electron chi connectivity index (χ1n) is 5.58. The Bertz CT molecular complexity index is 458. The zero-order valence-corrected chi connectivity index (χ0v) is 9.92. The summed E-state index contributed by atoms with van der Waals surface area (Å²) < 4.78 is 0. The van der Waals surface area contributed by atoms with Crippen molar-refractivity contribution in [3.63, 3.8) is 0 Å². The molecule has 0 saturated carbocycles. The predicted octanol–water partition coefficient (Wildman–Crippen LogP) is 1.24. The summed E-state index contributed by atoms with van der Waals surface area (Å²) in [5.41, 5.74) is -0.0635. The Morgan fingerprint density at radius 1 is 1.65 bits per heavy atom. The number of carbonyl (C=O) groups excluding carboxylic acids is 1. The smallest absolute Gasteiger partial charge is 0.245 e. The van der Waals surface area contributed by atoms with Gasteiger partial charge < -0.3 is 5.11 Å². The van der Waals surface area contributed by atoms with Crippen LogP contribution in [0.15, 0.2) is 29.6 Å². The molecule has 2 rings (SSSR count). The van der Waals surface area contributed by atoms with Crippen LogP contribution in [0, 0.1) is 0 Å². The van der Waals surface area contributed by atoms with Gasteiger partial charge in [-0.25, -0.2) is 0 Å². The predicted molar refractivity (Wildman–Crippen MR) is 63.0 cm³/mol. The van der Waals surface area contributed by atoms with Crippen LogP contribution in [-0.2, 0) is 10.5 Å². The largest absolute Gasteiger partial charge is 0.365 e. The molecule has 0 radical (unpaired) electrons. The number of rotatable bonds is 2. The van der Waals surface area contributed by atoms with Crippen molar-refractivity contribution in [3.05, 3.63) is 30.1 Å². The van der Waals surface area contributed by atoms with Crippen LogP contribution in [0.25, 0.3) is 0 Å². The summed E-state index contributed by atoms with van der Waals surface area (Å²) in [6.07, 6.45) is 3.81. The average molecular weight is 233 g/mol. The van der Waals surface area contributed by atoms with E-state index in [1.165, 1.54) is 5.01 Å². The fraction of sp³-hybridized carbons (Fsp3) is 0.417. The molecule has 0 unspecified atom stereocenters. The van der Waals surface area contributed by atoms with Crippen molar-refractivity contribution in [1.29, 1.82) is 0 Å². The molecule has 90 valence electrons. The minimum atomic E-state index is -1.38. The third kappa shape index (κ3) is 1.93. The zero-order chi connectivity index (χ0) is 12.5. The molecule has 1 aliphatic rings. The molecule has 0 spiro atoms. The van der Waals surface area contributed by atoms with Gasteiger partial charge in [0.25, 0.3) is 0 Å². The van der Waals surface area contributed by atoms with Gasteiger partial charge in [-0.05, 0) is 13.0 Å². The quantitative estimate of drug-likeness (QED) is 0.835. The maximum atomic E-state index is 11.8. The van der Waals surface area contributed by atoms with Crippen LogP contribution in [0.5, 0.6) is 0 Å². The van der Waals surface area contributed by atoms with Gasteiger partial charge in [-0.3, -0.25) is 9.78 Å². The summed E-state index contributed by atoms with van der Waals surface area (Å²) in [5, 5.41) is 15.9. The zero-order valence-electron chi connectivity index (χ0n) is 9.92. The molecule has 0 aromatic carbocycles. The molecule has 2 heterocycles. The Morgan fingerprint density at radius 2 is 2.41 bits per heavy atom. The number of carbonyl (C=O) groups is 1. The first-order chi connectivity index (χ1) is 8.08. The minimum Gasteiger partial charge on any atom is -0.365 e. The number of hydrazone groups is 1. The van der Waals surface area contributed by atoms with E-state index in [4.69, 9.17) is 0 Å². The van der Waals surface area contributed by atoms with Crippen molar-refractivity contribution in [2.24, 2.45) is 5.10 Å². The summed E-state index contributed by atoms with van der Waals surface area (Å²) in [6, 6.07) is 3.48. The van der Waals surface area contributed by atoms with Gasteiger partial charge >= 0.3 is 0 Å². The van der Waals surface area contributed by atoms with Gasteiger partial charge in [0.1, 0.15) is 0 Å². The first-order valence-corrected chi connectivity index (χ1v) is 5.58. The SMILES string of the molecule is CCC(=O)N1N=C(C)C[C@]1(O)c1cccnc1. The third-order valence-electron chi connectivity index (χ3n) is 2.79. The number of aliphatic hydroxyl groups is 1. The summed E-state index contributed by atoms with van der Waals surface area (Å²) in [4.78, 5) is 15.8. The van der Waals surface area contributed by atoms with Crippen molar-refractivity contribution in [3.8, 4) is 0 Å². The average Bonchev–Trinajstić information content (AvgIpc) is 2.66. The lowest BCUT2D eigenvalue weighted by molar-refractivity contribution is -0.157. The van der Waals surface area contributed by atoms with Crippen LogP contribution in [0.2, 0.25) is 0 Å². The van der Waals surface area contributed by atoms with Crippen LogP contribution in [0.3, 0.4) is 0 Å². The molecule has 1 N–H and O–H groups in total. The summed E-state index contributed by atoms with van der Waals surface area (Å²) in [6.45, 7) is 3.54. The first kappa shape index (κ1) is 11.7. The van der Waals surface area contributed by atoms with Crippen LogP contribution < -0.4 is 0 Å². The Labute approximate surface area is 99.8 Å². The van der Waals surface area contributed by atoms with E-state index in [-0.39, 0.29) is 5.91 Å². The normalized spacial score (nSPS) is 23.7. The van der Waals surface area contributed by atoms with E-state index in [9.17, 15) is 9.90 Å². The van der Waals surface area contributed by atoms with Crippen LogP contribution >= 0.6 is 0 Å². The number of hydrogen-bond donors (Lipinski definition) is 1. The van der Waals surface area contributed by atoms with E-state index in [0.29, 0.717) is 18.4 Å². The lowest BCUT2D eigenvalue weighted by atomic mass is 9.99. The molecular weight excluding hydrogens is 218 g/mol. The molecule has 0 bridgehead atoms. The van der Waals surface area contributed by atoms with E-state index in [2.05, 4.69) is 10.1 Å². The van der Waals surface area contributed by atoms with Crippen molar-refractivity contribution in [1.82, 2.24) is 9.99 Å². The maximum absolute atomic E-state index is 11.8. The van der Waals surface area contributed by atoms with Crippen LogP contribution in [0.1, 0.15) is 32.3 Å². The van der Waals surface area contributed by atoms with Gasteiger partial charge in [-0.15, -0.1) is 0 Å². The number of pyridine rings is 1. The van der Waals surface area contributed by atoms with Crippen molar-refractivity contribution >= 4 is 11.6 Å². The van der Waals surface area contributed by atoms with Gasteiger partial charge in [0.15, 0.2) is 5.72 Å². The van der Waals surface area contributed by atoms with E-state index in [1.54, 1.807) is 38.4 Å². The number of amides is 1. The number of hydrogen-bond acceptors (Lipinski definition) is 4. The van der Waals surface area contributed by atoms with Gasteiger partial charge in [-0.1, -0.05) is 13.0 Å². The fourth-order valence-corrected chi connectivity index (χ4v) is 1.96. The lowest BCUT2D eigenvalue weighted by Crippen LogP contribution is -2.43. The molecule has 1 aromatic rings. The maximum Gasteiger partial charge on any atom is 0.245 e. The monoisotopic (exact) mass is 233 g/mol. The van der Waals surface area contributed by atoms with E-state index >= 15 is 0 Å². The molecule has 0 saturated heterocycles. The second kappa shape index (κ2) is 4.25. The Kier molecular flexibility index (Phi) is 2.93. The Morgan fingerprint density at radius 3 is 3.00 bits per heavy atom. The van der Waals surface area contributed by atoms with Gasteiger partial charge in [-0.2, -0.15) is 10.1 Å². The number of nitrogens with zero attached hydrogens (tertiary/aromatic N) is 3. The highest BCUT2D eigenvalue weighted by atomic mass is 16.3. The summed E-state index contributed by atoms with van der Waals surface area (Å²) in [5.74, 6) is -0.201. The van der Waals surface area contributed by atoms with Gasteiger partial charge in [0, 0.05) is 36.5 Å². The van der Waals surface area contributed by atoms with Crippen molar-refractivity contribution in [2.75, 3.05) is 0 Å². The second-order valence-corrected chi connectivity index (χ2v) is 4.13. The van der Waals surface area contributed by atoms with Crippen molar-refractivity contribution in [2.45, 2.75) is 32.4 Å². The molecule has 1 amide bonds. The van der Waals surface area contributed by atoms with E-state index in [1.807, 2.05) is 0 Å². The molecule has 1 atom stereocenters. The molecule has 17 heavy (non-hydrogen) atoms. The van der Waals surface area contributed by atoms with Crippen molar-refractivity contribution < 1.29 is 9.90 Å². The fourth-order valence-electron chi connectivity index (χ4n) is 1.96. The van der Waals surface area contributed by atoms with Crippen LogP contribution in [-0.4, -0.2) is 26.7 Å². The minimum absolute atomic E-state index is 0.201. The third-order valence-corrected chi connectivity index (χ3v) is 2.79. The van der Waals surface area contributed by atoms with E-state index in [0.717, 1.165) is 5.71 Å².